The molecule has 0 atom stereocenters. The minimum atomic E-state index is -0.247. The standard InChI is InChI=1S/C18H19N3O3S2/c1-2-25-18-21-20-17(26-18)19-16(22)10-23-11-7-8-15-13(9-11)12-5-3-4-6-14(12)24-15/h7-9H,2-6,10H2,1H3,(H,19,20,22). The second kappa shape index (κ2) is 7.67. The van der Waals surface area contributed by atoms with Gasteiger partial charge in [-0.2, -0.15) is 0 Å². The van der Waals surface area contributed by atoms with E-state index in [1.54, 1.807) is 11.8 Å². The van der Waals surface area contributed by atoms with Crippen molar-refractivity contribution in [3.05, 3.63) is 29.5 Å². The van der Waals surface area contributed by atoms with Gasteiger partial charge < -0.3 is 9.15 Å². The molecule has 4 rings (SSSR count). The highest BCUT2D eigenvalue weighted by molar-refractivity contribution is 8.01. The van der Waals surface area contributed by atoms with Crippen LogP contribution in [-0.2, 0) is 17.6 Å². The number of fused-ring (bicyclic) bond motifs is 3. The number of hydrogen-bond acceptors (Lipinski definition) is 7. The Morgan fingerprint density at radius 2 is 2.23 bits per heavy atom. The number of amides is 1. The Bertz CT molecular complexity index is 935. The quantitative estimate of drug-likeness (QED) is 0.500. The molecular weight excluding hydrogens is 370 g/mol. The molecule has 0 aliphatic heterocycles. The van der Waals surface area contributed by atoms with E-state index in [9.17, 15) is 4.79 Å². The second-order valence-electron chi connectivity index (χ2n) is 6.01. The minimum absolute atomic E-state index is 0.0681. The number of nitrogens with one attached hydrogen (secondary N) is 1. The lowest BCUT2D eigenvalue weighted by molar-refractivity contribution is -0.118. The van der Waals surface area contributed by atoms with E-state index in [1.165, 1.54) is 29.7 Å². The zero-order chi connectivity index (χ0) is 17.9. The highest BCUT2D eigenvalue weighted by Crippen LogP contribution is 2.34. The number of aromatic nitrogens is 2. The summed E-state index contributed by atoms with van der Waals surface area (Å²) in [5.41, 5.74) is 2.18. The van der Waals surface area contributed by atoms with Crippen molar-refractivity contribution in [3.63, 3.8) is 0 Å². The molecule has 0 fully saturated rings. The summed E-state index contributed by atoms with van der Waals surface area (Å²) < 4.78 is 12.4. The van der Waals surface area contributed by atoms with Crippen molar-refractivity contribution in [2.45, 2.75) is 36.9 Å². The van der Waals surface area contributed by atoms with Gasteiger partial charge in [-0.25, -0.2) is 0 Å². The van der Waals surface area contributed by atoms with E-state index >= 15 is 0 Å². The summed E-state index contributed by atoms with van der Waals surface area (Å²) in [4.78, 5) is 12.1. The number of benzene rings is 1. The number of rotatable bonds is 6. The summed E-state index contributed by atoms with van der Waals surface area (Å²) in [6.45, 7) is 1.98. The molecule has 2 heterocycles. The molecule has 0 bridgehead atoms. The maximum absolute atomic E-state index is 12.1. The summed E-state index contributed by atoms with van der Waals surface area (Å²) in [6, 6.07) is 5.72. The van der Waals surface area contributed by atoms with Crippen LogP contribution in [0.25, 0.3) is 11.0 Å². The van der Waals surface area contributed by atoms with Gasteiger partial charge >= 0.3 is 0 Å². The number of carbonyl (C=O) groups excluding carboxylic acids is 1. The highest BCUT2D eigenvalue weighted by Gasteiger charge is 2.18. The predicted molar refractivity (Wildman–Crippen MR) is 103 cm³/mol. The smallest absolute Gasteiger partial charge is 0.264 e. The van der Waals surface area contributed by atoms with Crippen LogP contribution in [0, 0.1) is 0 Å². The normalized spacial score (nSPS) is 13.6. The van der Waals surface area contributed by atoms with Gasteiger partial charge in [0.15, 0.2) is 10.9 Å². The van der Waals surface area contributed by atoms with Gasteiger partial charge in [-0.3, -0.25) is 10.1 Å². The van der Waals surface area contributed by atoms with Crippen molar-refractivity contribution in [3.8, 4) is 5.75 Å². The fourth-order valence-electron chi connectivity index (χ4n) is 3.08. The van der Waals surface area contributed by atoms with Gasteiger partial charge in [0.1, 0.15) is 17.1 Å². The van der Waals surface area contributed by atoms with Crippen molar-refractivity contribution < 1.29 is 13.9 Å². The van der Waals surface area contributed by atoms with Crippen molar-refractivity contribution >= 4 is 45.1 Å². The Balaban J connectivity index is 1.39. The van der Waals surface area contributed by atoms with E-state index in [0.29, 0.717) is 10.9 Å². The Morgan fingerprint density at radius 1 is 1.35 bits per heavy atom. The average Bonchev–Trinajstić information content (AvgIpc) is 3.24. The van der Waals surface area contributed by atoms with Gasteiger partial charge in [0.2, 0.25) is 5.13 Å². The van der Waals surface area contributed by atoms with Crippen LogP contribution in [0.15, 0.2) is 27.0 Å². The number of anilines is 1. The molecule has 2 aromatic heterocycles. The maximum atomic E-state index is 12.1. The molecule has 0 spiro atoms. The first-order valence-corrected chi connectivity index (χ1v) is 10.5. The van der Waals surface area contributed by atoms with Crippen LogP contribution in [0.1, 0.15) is 31.1 Å². The van der Waals surface area contributed by atoms with Crippen LogP contribution in [0.4, 0.5) is 5.13 Å². The second-order valence-corrected chi connectivity index (χ2v) is 8.50. The summed E-state index contributed by atoms with van der Waals surface area (Å²) in [5, 5.41) is 12.3. The zero-order valence-corrected chi connectivity index (χ0v) is 16.0. The largest absolute Gasteiger partial charge is 0.484 e. The number of carbonyl (C=O) groups is 1. The summed E-state index contributed by atoms with van der Waals surface area (Å²) in [5.74, 6) is 2.44. The van der Waals surface area contributed by atoms with Gasteiger partial charge in [0.25, 0.3) is 5.91 Å². The maximum Gasteiger partial charge on any atom is 0.264 e. The van der Waals surface area contributed by atoms with E-state index in [2.05, 4.69) is 15.5 Å². The van der Waals surface area contributed by atoms with Gasteiger partial charge in [-0.05, 0) is 43.2 Å². The van der Waals surface area contributed by atoms with Crippen molar-refractivity contribution in [1.29, 1.82) is 0 Å². The molecule has 0 saturated heterocycles. The van der Waals surface area contributed by atoms with Crippen LogP contribution in [0.5, 0.6) is 5.75 Å². The van der Waals surface area contributed by atoms with E-state index in [-0.39, 0.29) is 12.5 Å². The Kier molecular flexibility index (Phi) is 5.12. The molecule has 1 aliphatic carbocycles. The lowest BCUT2D eigenvalue weighted by Gasteiger charge is -2.09. The van der Waals surface area contributed by atoms with E-state index < -0.39 is 0 Å². The number of hydrogen-bond donors (Lipinski definition) is 1. The van der Waals surface area contributed by atoms with Crippen molar-refractivity contribution in [2.75, 3.05) is 17.7 Å². The molecule has 0 saturated carbocycles. The molecule has 3 aromatic rings. The summed E-state index contributed by atoms with van der Waals surface area (Å²) >= 11 is 2.97. The molecule has 8 heteroatoms. The van der Waals surface area contributed by atoms with E-state index in [4.69, 9.17) is 9.15 Å². The molecule has 1 N–H and O–H groups in total. The first-order valence-electron chi connectivity index (χ1n) is 8.66. The van der Waals surface area contributed by atoms with Crippen LogP contribution in [0.2, 0.25) is 0 Å². The average molecular weight is 390 g/mol. The number of furan rings is 1. The third-order valence-corrected chi connectivity index (χ3v) is 6.07. The van der Waals surface area contributed by atoms with Crippen LogP contribution in [-0.4, -0.2) is 28.5 Å². The third-order valence-electron chi connectivity index (χ3n) is 4.22. The molecule has 26 heavy (non-hydrogen) atoms. The summed E-state index contributed by atoms with van der Waals surface area (Å²) in [6.07, 6.45) is 4.42. The van der Waals surface area contributed by atoms with E-state index in [0.717, 1.165) is 39.7 Å². The Labute approximate surface area is 159 Å². The van der Waals surface area contributed by atoms with Crippen molar-refractivity contribution in [1.82, 2.24) is 10.2 Å². The topological polar surface area (TPSA) is 77.2 Å². The predicted octanol–water partition coefficient (Wildman–Crippen LogP) is 4.29. The fraction of sp³-hybridized carbons (Fsp3) is 0.389. The first-order chi connectivity index (χ1) is 12.7. The fourth-order valence-corrected chi connectivity index (χ4v) is 4.74. The SMILES string of the molecule is CCSc1nnc(NC(=O)COc2ccc3oc4c(c3c2)CCCC4)s1. The van der Waals surface area contributed by atoms with E-state index in [1.807, 2.05) is 25.1 Å². The molecule has 0 unspecified atom stereocenters. The van der Waals surface area contributed by atoms with Gasteiger partial charge in [0.05, 0.1) is 0 Å². The minimum Gasteiger partial charge on any atom is -0.484 e. The molecule has 1 aromatic carbocycles. The number of ether oxygens (including phenoxy) is 1. The van der Waals surface area contributed by atoms with Crippen molar-refractivity contribution in [2.24, 2.45) is 0 Å². The van der Waals surface area contributed by atoms with Crippen LogP contribution >= 0.6 is 23.1 Å². The van der Waals surface area contributed by atoms with Crippen LogP contribution in [0.3, 0.4) is 0 Å². The number of thioether (sulfide) groups is 1. The van der Waals surface area contributed by atoms with Gasteiger partial charge in [0, 0.05) is 17.4 Å². The highest BCUT2D eigenvalue weighted by atomic mass is 32.2. The van der Waals surface area contributed by atoms with Gasteiger partial charge in [-0.1, -0.05) is 30.0 Å². The zero-order valence-electron chi connectivity index (χ0n) is 14.4. The molecule has 0 radical (unpaired) electrons. The molecule has 1 aliphatic rings. The first kappa shape index (κ1) is 17.4. The van der Waals surface area contributed by atoms with Crippen LogP contribution < -0.4 is 10.1 Å². The molecule has 1 amide bonds. The monoisotopic (exact) mass is 389 g/mol. The Hall–Kier alpha value is -2.06. The lowest BCUT2D eigenvalue weighted by Crippen LogP contribution is -2.20. The lowest BCUT2D eigenvalue weighted by atomic mass is 9.96. The third kappa shape index (κ3) is 3.71. The molecule has 136 valence electrons. The molecule has 6 nitrogen and oxygen atoms in total. The molecular formula is C18H19N3O3S2. The Morgan fingerprint density at radius 3 is 3.12 bits per heavy atom. The van der Waals surface area contributed by atoms with Gasteiger partial charge in [-0.15, -0.1) is 10.2 Å². The summed E-state index contributed by atoms with van der Waals surface area (Å²) in [7, 11) is 0. The number of aryl methyl sites for hydroxylation is 2. The number of nitrogens with zero attached hydrogens (tertiary/aromatic N) is 2.